The number of hydrogen-bond acceptors (Lipinski definition) is 4. The molecule has 1 aromatic rings. The number of benzene rings is 1. The smallest absolute Gasteiger partial charge is 0.0599 e. The SMILES string of the molecule is OCCCN1CCN(Cc2ccccc2)[C@@H](CO)C1. The number of nitrogens with zero attached hydrogens (tertiary/aromatic N) is 2. The van der Waals surface area contributed by atoms with Gasteiger partial charge in [-0.2, -0.15) is 0 Å². The minimum absolute atomic E-state index is 0.197. The fourth-order valence-electron chi connectivity index (χ4n) is 2.65. The van der Waals surface area contributed by atoms with Crippen LogP contribution in [0.1, 0.15) is 12.0 Å². The molecule has 1 heterocycles. The number of piperazine rings is 1. The molecule has 4 nitrogen and oxygen atoms in total. The Labute approximate surface area is 115 Å². The summed E-state index contributed by atoms with van der Waals surface area (Å²) in [7, 11) is 0. The summed E-state index contributed by atoms with van der Waals surface area (Å²) in [5, 5.41) is 18.4. The van der Waals surface area contributed by atoms with Gasteiger partial charge in [-0.3, -0.25) is 4.90 Å². The first-order chi connectivity index (χ1) is 9.33. The summed E-state index contributed by atoms with van der Waals surface area (Å²) in [6.07, 6.45) is 0.816. The second kappa shape index (κ2) is 7.60. The average molecular weight is 264 g/mol. The number of hydrogen-bond donors (Lipinski definition) is 2. The van der Waals surface area contributed by atoms with Crippen LogP contribution >= 0.6 is 0 Å². The van der Waals surface area contributed by atoms with Crippen molar-refractivity contribution in [3.63, 3.8) is 0 Å². The third-order valence-corrected chi connectivity index (χ3v) is 3.76. The maximum atomic E-state index is 9.56. The van der Waals surface area contributed by atoms with Gasteiger partial charge in [0.2, 0.25) is 0 Å². The highest BCUT2D eigenvalue weighted by Gasteiger charge is 2.25. The topological polar surface area (TPSA) is 46.9 Å². The molecular formula is C15H24N2O2. The van der Waals surface area contributed by atoms with E-state index in [-0.39, 0.29) is 19.3 Å². The molecule has 0 spiro atoms. The molecule has 106 valence electrons. The number of aliphatic hydroxyl groups excluding tert-OH is 2. The Balaban J connectivity index is 1.88. The lowest BCUT2D eigenvalue weighted by atomic mass is 10.1. The molecule has 19 heavy (non-hydrogen) atoms. The molecule has 1 saturated heterocycles. The van der Waals surface area contributed by atoms with E-state index >= 15 is 0 Å². The van der Waals surface area contributed by atoms with Crippen molar-refractivity contribution in [2.24, 2.45) is 0 Å². The molecule has 2 N–H and O–H groups in total. The molecule has 0 aromatic heterocycles. The fourth-order valence-corrected chi connectivity index (χ4v) is 2.65. The van der Waals surface area contributed by atoms with Crippen LogP contribution in [0.25, 0.3) is 0 Å². The average Bonchev–Trinajstić information content (AvgIpc) is 2.47. The molecule has 1 aromatic carbocycles. The van der Waals surface area contributed by atoms with E-state index in [0.29, 0.717) is 0 Å². The largest absolute Gasteiger partial charge is 0.396 e. The van der Waals surface area contributed by atoms with Crippen molar-refractivity contribution < 1.29 is 10.2 Å². The van der Waals surface area contributed by atoms with E-state index in [1.807, 2.05) is 6.07 Å². The van der Waals surface area contributed by atoms with Gasteiger partial charge < -0.3 is 15.1 Å². The Morgan fingerprint density at radius 2 is 1.89 bits per heavy atom. The lowest BCUT2D eigenvalue weighted by molar-refractivity contribution is 0.0327. The third kappa shape index (κ3) is 4.28. The van der Waals surface area contributed by atoms with Crippen LogP contribution in [0.5, 0.6) is 0 Å². The van der Waals surface area contributed by atoms with Crippen molar-refractivity contribution in [3.05, 3.63) is 35.9 Å². The Morgan fingerprint density at radius 1 is 1.11 bits per heavy atom. The van der Waals surface area contributed by atoms with Gasteiger partial charge in [0.25, 0.3) is 0 Å². The molecule has 0 bridgehead atoms. The van der Waals surface area contributed by atoms with Crippen molar-refractivity contribution >= 4 is 0 Å². The van der Waals surface area contributed by atoms with E-state index in [9.17, 15) is 5.11 Å². The predicted molar refractivity (Wildman–Crippen MR) is 75.9 cm³/mol. The molecule has 1 aliphatic heterocycles. The highest BCUT2D eigenvalue weighted by atomic mass is 16.3. The lowest BCUT2D eigenvalue weighted by Crippen LogP contribution is -2.54. The van der Waals surface area contributed by atoms with Crippen LogP contribution in [0, 0.1) is 0 Å². The highest BCUT2D eigenvalue weighted by molar-refractivity contribution is 5.14. The molecule has 1 fully saturated rings. The monoisotopic (exact) mass is 264 g/mol. The molecule has 4 heteroatoms. The lowest BCUT2D eigenvalue weighted by Gasteiger charge is -2.40. The first-order valence-electron chi connectivity index (χ1n) is 7.05. The van der Waals surface area contributed by atoms with Crippen LogP contribution in [0.2, 0.25) is 0 Å². The Hall–Kier alpha value is -0.940. The van der Waals surface area contributed by atoms with Gasteiger partial charge in [0.1, 0.15) is 0 Å². The van der Waals surface area contributed by atoms with Gasteiger partial charge in [0, 0.05) is 45.4 Å². The van der Waals surface area contributed by atoms with Gasteiger partial charge >= 0.3 is 0 Å². The van der Waals surface area contributed by atoms with E-state index in [1.54, 1.807) is 0 Å². The van der Waals surface area contributed by atoms with E-state index in [4.69, 9.17) is 5.11 Å². The van der Waals surface area contributed by atoms with Gasteiger partial charge in [0.05, 0.1) is 6.61 Å². The van der Waals surface area contributed by atoms with E-state index < -0.39 is 0 Å². The van der Waals surface area contributed by atoms with Crippen LogP contribution in [-0.2, 0) is 6.54 Å². The molecule has 1 atom stereocenters. The first kappa shape index (κ1) is 14.5. The molecule has 0 amide bonds. The van der Waals surface area contributed by atoms with Crippen molar-refractivity contribution in [2.75, 3.05) is 39.4 Å². The molecule has 0 saturated carbocycles. The molecule has 0 radical (unpaired) electrons. The van der Waals surface area contributed by atoms with Gasteiger partial charge in [-0.05, 0) is 12.0 Å². The molecule has 0 unspecified atom stereocenters. The van der Waals surface area contributed by atoms with Crippen LogP contribution in [0.3, 0.4) is 0 Å². The van der Waals surface area contributed by atoms with Gasteiger partial charge in [-0.1, -0.05) is 30.3 Å². The Bertz CT molecular complexity index is 358. The van der Waals surface area contributed by atoms with Gasteiger partial charge in [-0.25, -0.2) is 0 Å². The summed E-state index contributed by atoms with van der Waals surface area (Å²) in [6.45, 7) is 5.15. The summed E-state index contributed by atoms with van der Waals surface area (Å²) in [4.78, 5) is 4.68. The molecular weight excluding hydrogens is 240 g/mol. The summed E-state index contributed by atoms with van der Waals surface area (Å²) in [5.74, 6) is 0. The van der Waals surface area contributed by atoms with Gasteiger partial charge in [-0.15, -0.1) is 0 Å². The van der Waals surface area contributed by atoms with E-state index in [2.05, 4.69) is 34.1 Å². The molecule has 1 aliphatic rings. The van der Waals surface area contributed by atoms with Crippen molar-refractivity contribution in [2.45, 2.75) is 19.0 Å². The molecule has 2 rings (SSSR count). The van der Waals surface area contributed by atoms with Crippen LogP contribution < -0.4 is 0 Å². The molecule has 0 aliphatic carbocycles. The third-order valence-electron chi connectivity index (χ3n) is 3.76. The summed E-state index contributed by atoms with van der Waals surface area (Å²) in [6, 6.07) is 10.6. The minimum atomic E-state index is 0.197. The zero-order valence-electron chi connectivity index (χ0n) is 11.4. The van der Waals surface area contributed by atoms with Crippen molar-refractivity contribution in [1.82, 2.24) is 9.80 Å². The number of aliphatic hydroxyl groups is 2. The summed E-state index contributed by atoms with van der Waals surface area (Å²) >= 11 is 0. The normalized spacial score (nSPS) is 21.7. The number of rotatable bonds is 6. The maximum Gasteiger partial charge on any atom is 0.0599 e. The Kier molecular flexibility index (Phi) is 5.79. The second-order valence-corrected chi connectivity index (χ2v) is 5.17. The van der Waals surface area contributed by atoms with Crippen molar-refractivity contribution in [3.8, 4) is 0 Å². The fraction of sp³-hybridized carbons (Fsp3) is 0.600. The standard InChI is InChI=1S/C15H24N2O2/c18-10-4-7-16-8-9-17(15(12-16)13-19)11-14-5-2-1-3-6-14/h1-3,5-6,15,18-19H,4,7-13H2/t15-/m1/s1. The van der Waals surface area contributed by atoms with Crippen LogP contribution in [-0.4, -0.2) is 65.4 Å². The first-order valence-corrected chi connectivity index (χ1v) is 7.05. The maximum absolute atomic E-state index is 9.56. The van der Waals surface area contributed by atoms with E-state index in [1.165, 1.54) is 5.56 Å². The second-order valence-electron chi connectivity index (χ2n) is 5.17. The van der Waals surface area contributed by atoms with Crippen molar-refractivity contribution in [1.29, 1.82) is 0 Å². The summed E-state index contributed by atoms with van der Waals surface area (Å²) in [5.41, 5.74) is 1.30. The zero-order valence-corrected chi connectivity index (χ0v) is 11.4. The highest BCUT2D eigenvalue weighted by Crippen LogP contribution is 2.14. The van der Waals surface area contributed by atoms with E-state index in [0.717, 1.165) is 39.1 Å². The van der Waals surface area contributed by atoms with Gasteiger partial charge in [0.15, 0.2) is 0 Å². The van der Waals surface area contributed by atoms with Crippen LogP contribution in [0.4, 0.5) is 0 Å². The zero-order chi connectivity index (χ0) is 13.5. The van der Waals surface area contributed by atoms with Crippen LogP contribution in [0.15, 0.2) is 30.3 Å². The minimum Gasteiger partial charge on any atom is -0.396 e. The summed E-state index contributed by atoms with van der Waals surface area (Å²) < 4.78 is 0. The quantitative estimate of drug-likeness (QED) is 0.787. The predicted octanol–water partition coefficient (Wildman–Crippen LogP) is 0.547. The Morgan fingerprint density at radius 3 is 2.58 bits per heavy atom.